The third-order valence-corrected chi connectivity index (χ3v) is 4.88. The van der Waals surface area contributed by atoms with Crippen molar-refractivity contribution in [1.29, 1.82) is 0 Å². The van der Waals surface area contributed by atoms with Crippen LogP contribution in [0.3, 0.4) is 0 Å². The molecule has 0 fully saturated rings. The fraction of sp³-hybridized carbons (Fsp3) is 0.100. The van der Waals surface area contributed by atoms with E-state index in [4.69, 9.17) is 9.47 Å². The number of aryl methyl sites for hydroxylation is 1. The zero-order valence-corrected chi connectivity index (χ0v) is 15.8. The van der Waals surface area contributed by atoms with Crippen LogP contribution in [0.5, 0.6) is 11.5 Å². The van der Waals surface area contributed by atoms with Gasteiger partial charge in [-0.1, -0.05) is 22.0 Å². The fourth-order valence-corrected chi connectivity index (χ4v) is 3.34. The average Bonchev–Trinajstić information content (AvgIpc) is 3.11. The van der Waals surface area contributed by atoms with Gasteiger partial charge in [-0.3, -0.25) is 4.79 Å². The molecule has 1 amide bonds. The Balaban J connectivity index is 1.56. The third-order valence-electron chi connectivity index (χ3n) is 4.22. The smallest absolute Gasteiger partial charge is 0.257 e. The molecule has 0 saturated heterocycles. The lowest BCUT2D eigenvalue weighted by molar-refractivity contribution is 0.102. The molecule has 0 atom stereocenters. The van der Waals surface area contributed by atoms with Crippen molar-refractivity contribution in [2.24, 2.45) is 0 Å². The van der Waals surface area contributed by atoms with E-state index in [9.17, 15) is 9.18 Å². The lowest BCUT2D eigenvalue weighted by Crippen LogP contribution is -2.14. The highest BCUT2D eigenvalue weighted by molar-refractivity contribution is 9.10. The summed E-state index contributed by atoms with van der Waals surface area (Å²) >= 11 is 3.52. The van der Waals surface area contributed by atoms with E-state index in [0.29, 0.717) is 22.9 Å². The van der Waals surface area contributed by atoms with Gasteiger partial charge in [0, 0.05) is 27.4 Å². The Kier molecular flexibility index (Phi) is 4.53. The number of hydrogen-bond acceptors (Lipinski definition) is 4. The lowest BCUT2D eigenvalue weighted by Gasteiger charge is -2.09. The maximum Gasteiger partial charge on any atom is 0.257 e. The van der Waals surface area contributed by atoms with Gasteiger partial charge in [0.2, 0.25) is 6.79 Å². The normalized spacial score (nSPS) is 12.1. The van der Waals surface area contributed by atoms with Crippen molar-refractivity contribution in [1.82, 2.24) is 4.98 Å². The summed E-state index contributed by atoms with van der Waals surface area (Å²) < 4.78 is 25.0. The number of nitrogens with zero attached hydrogens (tertiary/aromatic N) is 1. The number of rotatable bonds is 3. The highest BCUT2D eigenvalue weighted by Crippen LogP contribution is 2.40. The van der Waals surface area contributed by atoms with Crippen LogP contribution in [-0.2, 0) is 0 Å². The van der Waals surface area contributed by atoms with Crippen LogP contribution in [0.4, 0.5) is 10.2 Å². The van der Waals surface area contributed by atoms with Crippen LogP contribution in [0.1, 0.15) is 15.9 Å². The standard InChI is InChI=1S/C20H14BrFN2O3/c1-11-2-4-13(22)6-14(11)20(25)24-19-5-3-12(9-23-19)15-7-17-18(8-16(15)21)27-10-26-17/h2-9H,10H2,1H3,(H,23,24,25). The highest BCUT2D eigenvalue weighted by atomic mass is 79.9. The van der Waals surface area contributed by atoms with Gasteiger partial charge in [0.15, 0.2) is 11.5 Å². The first-order valence-electron chi connectivity index (χ1n) is 8.14. The number of pyridine rings is 1. The summed E-state index contributed by atoms with van der Waals surface area (Å²) in [4.78, 5) is 16.7. The number of amides is 1. The number of fused-ring (bicyclic) bond motifs is 1. The Morgan fingerprint density at radius 3 is 2.67 bits per heavy atom. The number of nitrogens with one attached hydrogen (secondary N) is 1. The van der Waals surface area contributed by atoms with Crippen molar-refractivity contribution < 1.29 is 18.7 Å². The van der Waals surface area contributed by atoms with Crippen LogP contribution < -0.4 is 14.8 Å². The van der Waals surface area contributed by atoms with Gasteiger partial charge in [-0.2, -0.15) is 0 Å². The molecular weight excluding hydrogens is 415 g/mol. The van der Waals surface area contributed by atoms with Crippen LogP contribution >= 0.6 is 15.9 Å². The second kappa shape index (κ2) is 7.00. The van der Waals surface area contributed by atoms with Gasteiger partial charge in [-0.05, 0) is 48.9 Å². The molecule has 2 heterocycles. The SMILES string of the molecule is Cc1ccc(F)cc1C(=O)Nc1ccc(-c2cc3c(cc2Br)OCO3)cn1. The number of benzene rings is 2. The number of ether oxygens (including phenoxy) is 2. The Labute approximate surface area is 163 Å². The van der Waals surface area contributed by atoms with E-state index in [2.05, 4.69) is 26.2 Å². The second-order valence-corrected chi connectivity index (χ2v) is 6.89. The summed E-state index contributed by atoms with van der Waals surface area (Å²) in [5, 5.41) is 2.69. The summed E-state index contributed by atoms with van der Waals surface area (Å²) in [6, 6.07) is 11.4. The zero-order valence-electron chi connectivity index (χ0n) is 14.3. The van der Waals surface area contributed by atoms with Crippen molar-refractivity contribution in [2.75, 3.05) is 12.1 Å². The largest absolute Gasteiger partial charge is 0.454 e. The average molecular weight is 429 g/mol. The zero-order chi connectivity index (χ0) is 19.0. The van der Waals surface area contributed by atoms with Gasteiger partial charge < -0.3 is 14.8 Å². The lowest BCUT2D eigenvalue weighted by atomic mass is 10.1. The van der Waals surface area contributed by atoms with E-state index in [1.54, 1.807) is 25.3 Å². The van der Waals surface area contributed by atoms with Crippen molar-refractivity contribution in [2.45, 2.75) is 6.92 Å². The number of carbonyl (C=O) groups is 1. The van der Waals surface area contributed by atoms with Crippen molar-refractivity contribution >= 4 is 27.7 Å². The molecule has 0 radical (unpaired) electrons. The van der Waals surface area contributed by atoms with Crippen LogP contribution in [0.2, 0.25) is 0 Å². The predicted molar refractivity (Wildman–Crippen MR) is 103 cm³/mol. The van der Waals surface area contributed by atoms with E-state index in [1.807, 2.05) is 18.2 Å². The molecule has 5 nitrogen and oxygen atoms in total. The number of carbonyl (C=O) groups excluding carboxylic acids is 1. The molecule has 0 bridgehead atoms. The molecule has 0 saturated carbocycles. The summed E-state index contributed by atoms with van der Waals surface area (Å²) in [5.41, 5.74) is 2.71. The van der Waals surface area contributed by atoms with E-state index in [-0.39, 0.29) is 12.4 Å². The molecule has 7 heteroatoms. The van der Waals surface area contributed by atoms with Gasteiger partial charge >= 0.3 is 0 Å². The second-order valence-electron chi connectivity index (χ2n) is 6.03. The molecular formula is C20H14BrFN2O3. The summed E-state index contributed by atoms with van der Waals surface area (Å²) in [6.45, 7) is 1.95. The molecule has 0 unspecified atom stereocenters. The first kappa shape index (κ1) is 17.5. The van der Waals surface area contributed by atoms with E-state index < -0.39 is 11.7 Å². The highest BCUT2D eigenvalue weighted by Gasteiger charge is 2.17. The first-order valence-corrected chi connectivity index (χ1v) is 8.93. The topological polar surface area (TPSA) is 60.5 Å². The van der Waals surface area contributed by atoms with E-state index in [1.165, 1.54) is 12.1 Å². The molecule has 0 spiro atoms. The Morgan fingerprint density at radius 1 is 1.15 bits per heavy atom. The molecule has 2 aromatic carbocycles. The minimum absolute atomic E-state index is 0.202. The molecule has 1 N–H and O–H groups in total. The molecule has 1 aromatic heterocycles. The first-order chi connectivity index (χ1) is 13.0. The van der Waals surface area contributed by atoms with Crippen LogP contribution in [0.25, 0.3) is 11.1 Å². The van der Waals surface area contributed by atoms with Gasteiger partial charge in [0.25, 0.3) is 5.91 Å². The van der Waals surface area contributed by atoms with Gasteiger partial charge in [0.1, 0.15) is 11.6 Å². The number of hydrogen-bond donors (Lipinski definition) is 1. The Hall–Kier alpha value is -2.93. The van der Waals surface area contributed by atoms with Crippen molar-refractivity contribution in [3.63, 3.8) is 0 Å². The van der Waals surface area contributed by atoms with Gasteiger partial charge in [-0.15, -0.1) is 0 Å². The van der Waals surface area contributed by atoms with Crippen LogP contribution in [0.15, 0.2) is 53.1 Å². The molecule has 3 aromatic rings. The fourth-order valence-electron chi connectivity index (χ4n) is 2.79. The molecule has 0 aliphatic carbocycles. The Bertz CT molecular complexity index is 1040. The number of halogens is 2. The third kappa shape index (κ3) is 3.50. The summed E-state index contributed by atoms with van der Waals surface area (Å²) in [5.74, 6) is 0.877. The van der Waals surface area contributed by atoms with E-state index in [0.717, 1.165) is 15.6 Å². The number of aromatic nitrogens is 1. The maximum atomic E-state index is 13.4. The monoisotopic (exact) mass is 428 g/mol. The summed E-state index contributed by atoms with van der Waals surface area (Å²) in [7, 11) is 0. The van der Waals surface area contributed by atoms with Gasteiger partial charge in [-0.25, -0.2) is 9.37 Å². The molecule has 4 rings (SSSR count). The molecule has 1 aliphatic rings. The maximum absolute atomic E-state index is 13.4. The van der Waals surface area contributed by atoms with Gasteiger partial charge in [0.05, 0.1) is 0 Å². The predicted octanol–water partition coefficient (Wildman–Crippen LogP) is 4.94. The quantitative estimate of drug-likeness (QED) is 0.641. The minimum atomic E-state index is -0.457. The molecule has 1 aliphatic heterocycles. The number of anilines is 1. The molecule has 136 valence electrons. The van der Waals surface area contributed by atoms with Crippen molar-refractivity contribution in [3.05, 3.63) is 70.1 Å². The molecule has 27 heavy (non-hydrogen) atoms. The van der Waals surface area contributed by atoms with Crippen LogP contribution in [-0.4, -0.2) is 17.7 Å². The van der Waals surface area contributed by atoms with E-state index >= 15 is 0 Å². The minimum Gasteiger partial charge on any atom is -0.454 e. The van der Waals surface area contributed by atoms with Crippen LogP contribution in [0, 0.1) is 12.7 Å². The summed E-state index contributed by atoms with van der Waals surface area (Å²) in [6.07, 6.45) is 1.65. The Morgan fingerprint density at radius 2 is 1.93 bits per heavy atom. The van der Waals surface area contributed by atoms with Crippen molar-refractivity contribution in [3.8, 4) is 22.6 Å².